The minimum Gasteiger partial charge on any atom is -0.456 e. The number of furan rings is 2. The van der Waals surface area contributed by atoms with E-state index in [1.54, 1.807) is 0 Å². The van der Waals surface area contributed by atoms with Crippen LogP contribution in [-0.4, -0.2) is 15.0 Å². The molecule has 0 aliphatic rings. The molecule has 0 bridgehead atoms. The summed E-state index contributed by atoms with van der Waals surface area (Å²) >= 11 is 0. The topological polar surface area (TPSA) is 65.0 Å². The van der Waals surface area contributed by atoms with Crippen molar-refractivity contribution < 1.29 is 8.83 Å². The Labute approximate surface area is 342 Å². The molecule has 8 aromatic carbocycles. The van der Waals surface area contributed by atoms with Crippen LogP contribution in [0.25, 0.3) is 132 Å². The fraction of sp³-hybridized carbons (Fsp3) is 0. The highest BCUT2D eigenvalue weighted by atomic mass is 16.3. The first-order valence-electron chi connectivity index (χ1n) is 20.2. The number of rotatable bonds is 4. The Kier molecular flexibility index (Phi) is 6.95. The molecule has 278 valence electrons. The molecule has 13 aromatic rings. The van der Waals surface area contributed by atoms with Crippen molar-refractivity contribution in [1.82, 2.24) is 15.0 Å². The van der Waals surface area contributed by atoms with Gasteiger partial charge in [-0.05, 0) is 60.2 Å². The third kappa shape index (κ3) is 4.96. The maximum Gasteiger partial charge on any atom is 0.143 e. The fourth-order valence-electron chi connectivity index (χ4n) is 9.16. The molecule has 0 aliphatic carbocycles. The normalized spacial score (nSPS) is 12.0. The molecule has 5 heterocycles. The van der Waals surface area contributed by atoms with Gasteiger partial charge in [0.2, 0.25) is 0 Å². The fourth-order valence-corrected chi connectivity index (χ4v) is 9.16. The number of pyridine rings is 3. The van der Waals surface area contributed by atoms with Crippen molar-refractivity contribution >= 4 is 87.4 Å². The van der Waals surface area contributed by atoms with Crippen LogP contribution in [-0.2, 0) is 0 Å². The molecule has 0 saturated heterocycles. The Bertz CT molecular complexity index is 3880. The number of benzene rings is 8. The molecule has 60 heavy (non-hydrogen) atoms. The highest BCUT2D eigenvalue weighted by Gasteiger charge is 2.22. The quantitative estimate of drug-likeness (QED) is 0.167. The Morgan fingerprint density at radius 2 is 0.900 bits per heavy atom. The third-order valence-corrected chi connectivity index (χ3v) is 12.0. The van der Waals surface area contributed by atoms with Crippen LogP contribution in [0, 0.1) is 0 Å². The van der Waals surface area contributed by atoms with E-state index >= 15 is 0 Å². The van der Waals surface area contributed by atoms with Gasteiger partial charge in [-0.25, -0.2) is 15.0 Å². The molecule has 0 fully saturated rings. The third-order valence-electron chi connectivity index (χ3n) is 12.0. The monoisotopic (exact) mass is 765 g/mol. The molecule has 0 aliphatic heterocycles. The average Bonchev–Trinajstić information content (AvgIpc) is 3.90. The zero-order valence-electron chi connectivity index (χ0n) is 32.1. The van der Waals surface area contributed by atoms with Crippen molar-refractivity contribution in [2.75, 3.05) is 0 Å². The molecular formula is C55H31N3O2. The van der Waals surface area contributed by atoms with Crippen LogP contribution in [0.1, 0.15) is 0 Å². The maximum absolute atomic E-state index is 6.83. The first-order valence-corrected chi connectivity index (χ1v) is 20.2. The maximum atomic E-state index is 6.83. The second-order valence-electron chi connectivity index (χ2n) is 15.5. The van der Waals surface area contributed by atoms with E-state index in [1.807, 2.05) is 36.4 Å². The van der Waals surface area contributed by atoms with Crippen LogP contribution in [0.15, 0.2) is 197 Å². The Morgan fingerprint density at radius 3 is 1.65 bits per heavy atom. The van der Waals surface area contributed by atoms with Gasteiger partial charge in [0.05, 0.1) is 33.6 Å². The van der Waals surface area contributed by atoms with Gasteiger partial charge in [0.25, 0.3) is 0 Å². The van der Waals surface area contributed by atoms with E-state index in [0.29, 0.717) is 0 Å². The van der Waals surface area contributed by atoms with Gasteiger partial charge >= 0.3 is 0 Å². The van der Waals surface area contributed by atoms with Crippen LogP contribution in [0.2, 0.25) is 0 Å². The van der Waals surface area contributed by atoms with Crippen molar-refractivity contribution in [2.45, 2.75) is 0 Å². The van der Waals surface area contributed by atoms with Crippen molar-refractivity contribution in [1.29, 1.82) is 0 Å². The van der Waals surface area contributed by atoms with E-state index in [1.165, 1.54) is 0 Å². The number of hydrogen-bond donors (Lipinski definition) is 0. The molecule has 5 heteroatoms. The second-order valence-corrected chi connectivity index (χ2v) is 15.5. The first kappa shape index (κ1) is 32.9. The van der Waals surface area contributed by atoms with Crippen molar-refractivity contribution in [3.8, 4) is 44.9 Å². The number of hydrogen-bond acceptors (Lipinski definition) is 5. The molecule has 5 nitrogen and oxygen atoms in total. The lowest BCUT2D eigenvalue weighted by atomic mass is 9.91. The van der Waals surface area contributed by atoms with Crippen LogP contribution in [0.3, 0.4) is 0 Å². The lowest BCUT2D eigenvalue weighted by molar-refractivity contribution is 0.669. The second kappa shape index (κ2) is 12.7. The molecule has 13 rings (SSSR count). The van der Waals surface area contributed by atoms with E-state index in [2.05, 4.69) is 152 Å². The summed E-state index contributed by atoms with van der Waals surface area (Å²) < 4.78 is 13.1. The van der Waals surface area contributed by atoms with Crippen LogP contribution < -0.4 is 0 Å². The zero-order chi connectivity index (χ0) is 39.3. The zero-order valence-corrected chi connectivity index (χ0v) is 32.1. The van der Waals surface area contributed by atoms with Gasteiger partial charge < -0.3 is 8.83 Å². The predicted octanol–water partition coefficient (Wildman–Crippen LogP) is 15.0. The lowest BCUT2D eigenvalue weighted by Gasteiger charge is -2.14. The van der Waals surface area contributed by atoms with E-state index in [9.17, 15) is 0 Å². The van der Waals surface area contributed by atoms with Gasteiger partial charge in [0.1, 0.15) is 22.3 Å². The Hall–Kier alpha value is -8.15. The Morgan fingerprint density at radius 1 is 0.333 bits per heavy atom. The van der Waals surface area contributed by atoms with Crippen molar-refractivity contribution in [3.63, 3.8) is 0 Å². The largest absolute Gasteiger partial charge is 0.456 e. The van der Waals surface area contributed by atoms with Crippen LogP contribution in [0.4, 0.5) is 0 Å². The van der Waals surface area contributed by atoms with Gasteiger partial charge in [-0.15, -0.1) is 0 Å². The summed E-state index contributed by atoms with van der Waals surface area (Å²) in [7, 11) is 0. The molecule has 0 unspecified atom stereocenters. The Balaban J connectivity index is 1.01. The van der Waals surface area contributed by atoms with Gasteiger partial charge in [0.15, 0.2) is 0 Å². The molecule has 0 saturated carbocycles. The lowest BCUT2D eigenvalue weighted by Crippen LogP contribution is -1.92. The SMILES string of the molecule is c1ccc(-c2ccc3ccc4ccc(-c5ccc(-c6cc7c(-c8ccc9oc%10ccccc%10c9c8)nc8ccccc8c7c7c6oc6ccccc67)cc5)nc4c3n2)cc1. The van der Waals surface area contributed by atoms with Crippen LogP contribution in [0.5, 0.6) is 0 Å². The molecule has 0 spiro atoms. The molecule has 0 amide bonds. The number of fused-ring (bicyclic) bond motifs is 13. The van der Waals surface area contributed by atoms with E-state index < -0.39 is 0 Å². The first-order chi connectivity index (χ1) is 29.7. The number of aromatic nitrogens is 3. The summed E-state index contributed by atoms with van der Waals surface area (Å²) in [6, 6.07) is 65.4. The summed E-state index contributed by atoms with van der Waals surface area (Å²) in [6.45, 7) is 0. The number of para-hydroxylation sites is 3. The van der Waals surface area contributed by atoms with Crippen LogP contribution >= 0.6 is 0 Å². The smallest absolute Gasteiger partial charge is 0.143 e. The van der Waals surface area contributed by atoms with Gasteiger partial charge in [0, 0.05) is 70.7 Å². The van der Waals surface area contributed by atoms with Crippen molar-refractivity contribution in [2.24, 2.45) is 0 Å². The van der Waals surface area contributed by atoms with Crippen molar-refractivity contribution in [3.05, 3.63) is 188 Å². The summed E-state index contributed by atoms with van der Waals surface area (Å²) in [4.78, 5) is 15.8. The standard InChI is InChI=1S/C55H31N3O2/c1-2-10-33(11-3-1)44-27-24-35-22-23-36-25-28-45(57-54(36)53(35)56-44)34-20-18-32(19-21-34)41-31-43-50(51-40-14-6-9-17-48(40)60-55(41)51)39-13-4-7-15-46(39)58-52(43)37-26-29-49-42(30-37)38-12-5-8-16-47(38)59-49/h1-31H. The van der Waals surface area contributed by atoms with Gasteiger partial charge in [-0.2, -0.15) is 0 Å². The number of nitrogens with zero attached hydrogens (tertiary/aromatic N) is 3. The highest BCUT2D eigenvalue weighted by Crippen LogP contribution is 2.46. The summed E-state index contributed by atoms with van der Waals surface area (Å²) in [5.41, 5.74) is 14.1. The van der Waals surface area contributed by atoms with Gasteiger partial charge in [-0.1, -0.05) is 133 Å². The predicted molar refractivity (Wildman–Crippen MR) is 246 cm³/mol. The summed E-state index contributed by atoms with van der Waals surface area (Å²) in [6.07, 6.45) is 0. The average molecular weight is 766 g/mol. The summed E-state index contributed by atoms with van der Waals surface area (Å²) in [5.74, 6) is 0. The van der Waals surface area contributed by atoms with E-state index in [-0.39, 0.29) is 0 Å². The summed E-state index contributed by atoms with van der Waals surface area (Å²) in [5, 5.41) is 9.71. The molecule has 0 N–H and O–H groups in total. The molecule has 0 atom stereocenters. The van der Waals surface area contributed by atoms with Gasteiger partial charge in [-0.3, -0.25) is 0 Å². The minimum atomic E-state index is 0.850. The molecular weight excluding hydrogens is 735 g/mol. The van der Waals surface area contributed by atoms with E-state index in [0.717, 1.165) is 132 Å². The van der Waals surface area contributed by atoms with E-state index in [4.69, 9.17) is 23.8 Å². The molecule has 0 radical (unpaired) electrons. The molecule has 5 aromatic heterocycles. The highest BCUT2D eigenvalue weighted by molar-refractivity contribution is 6.30. The minimum absolute atomic E-state index is 0.850.